The van der Waals surface area contributed by atoms with E-state index < -0.39 is 0 Å². The number of amides is 1. The van der Waals surface area contributed by atoms with Crippen LogP contribution in [0.4, 0.5) is 0 Å². The molecule has 1 rings (SSSR count). The van der Waals surface area contributed by atoms with Crippen molar-refractivity contribution < 1.29 is 4.79 Å². The van der Waals surface area contributed by atoms with Crippen LogP contribution < -0.4 is 10.6 Å². The molecule has 18 heavy (non-hydrogen) atoms. The van der Waals surface area contributed by atoms with E-state index in [1.54, 1.807) is 0 Å². The van der Waals surface area contributed by atoms with Gasteiger partial charge < -0.3 is 15.5 Å². The molecule has 1 aliphatic heterocycles. The SMILES string of the molecule is CC(C)CCNC(=O)CNCC1CCN(C)CC1. The number of nitrogens with zero attached hydrogens (tertiary/aromatic N) is 1. The molecular formula is C14H29N3O. The monoisotopic (exact) mass is 255 g/mol. The molecule has 0 radical (unpaired) electrons. The summed E-state index contributed by atoms with van der Waals surface area (Å²) in [5.41, 5.74) is 0. The Morgan fingerprint density at radius 3 is 2.61 bits per heavy atom. The summed E-state index contributed by atoms with van der Waals surface area (Å²) in [6, 6.07) is 0. The van der Waals surface area contributed by atoms with Crippen molar-refractivity contribution in [3.63, 3.8) is 0 Å². The van der Waals surface area contributed by atoms with Gasteiger partial charge in [0, 0.05) is 6.54 Å². The molecule has 0 aromatic carbocycles. The van der Waals surface area contributed by atoms with E-state index in [9.17, 15) is 4.79 Å². The molecule has 0 unspecified atom stereocenters. The summed E-state index contributed by atoms with van der Waals surface area (Å²) in [7, 11) is 2.17. The first-order valence-electron chi connectivity index (χ1n) is 7.24. The highest BCUT2D eigenvalue weighted by atomic mass is 16.1. The van der Waals surface area contributed by atoms with E-state index in [1.807, 2.05) is 0 Å². The van der Waals surface area contributed by atoms with Gasteiger partial charge in [0.1, 0.15) is 0 Å². The summed E-state index contributed by atoms with van der Waals surface area (Å²) >= 11 is 0. The van der Waals surface area contributed by atoms with Crippen LogP contribution in [-0.2, 0) is 4.79 Å². The standard InChI is InChI=1S/C14H29N3O/c1-12(2)4-7-16-14(18)11-15-10-13-5-8-17(3)9-6-13/h12-13,15H,4-11H2,1-3H3,(H,16,18). The van der Waals surface area contributed by atoms with Crippen LogP contribution in [-0.4, -0.2) is 50.6 Å². The predicted molar refractivity (Wildman–Crippen MR) is 75.6 cm³/mol. The Bertz CT molecular complexity index is 235. The largest absolute Gasteiger partial charge is 0.355 e. The maximum Gasteiger partial charge on any atom is 0.233 e. The highest BCUT2D eigenvalue weighted by Crippen LogP contribution is 2.14. The van der Waals surface area contributed by atoms with Crippen LogP contribution in [0.3, 0.4) is 0 Å². The van der Waals surface area contributed by atoms with E-state index in [2.05, 4.69) is 36.4 Å². The second-order valence-electron chi connectivity index (χ2n) is 5.91. The van der Waals surface area contributed by atoms with Crippen LogP contribution in [0.25, 0.3) is 0 Å². The molecule has 0 atom stereocenters. The van der Waals surface area contributed by atoms with Crippen molar-refractivity contribution in [3.8, 4) is 0 Å². The highest BCUT2D eigenvalue weighted by molar-refractivity contribution is 5.77. The van der Waals surface area contributed by atoms with Crippen LogP contribution in [0.15, 0.2) is 0 Å². The molecule has 4 nitrogen and oxygen atoms in total. The number of carbonyl (C=O) groups excluding carboxylic acids is 1. The Morgan fingerprint density at radius 2 is 2.00 bits per heavy atom. The summed E-state index contributed by atoms with van der Waals surface area (Å²) < 4.78 is 0. The lowest BCUT2D eigenvalue weighted by molar-refractivity contribution is -0.120. The zero-order valence-corrected chi connectivity index (χ0v) is 12.2. The molecule has 1 heterocycles. The predicted octanol–water partition coefficient (Wildman–Crippen LogP) is 1.08. The molecule has 0 saturated carbocycles. The minimum Gasteiger partial charge on any atom is -0.355 e. The molecule has 1 saturated heterocycles. The van der Waals surface area contributed by atoms with Gasteiger partial charge in [-0.2, -0.15) is 0 Å². The number of piperidine rings is 1. The van der Waals surface area contributed by atoms with Gasteiger partial charge in [0.15, 0.2) is 0 Å². The average molecular weight is 255 g/mol. The van der Waals surface area contributed by atoms with Gasteiger partial charge in [0.05, 0.1) is 6.54 Å². The van der Waals surface area contributed by atoms with Crippen LogP contribution in [0.5, 0.6) is 0 Å². The molecule has 0 aliphatic carbocycles. The lowest BCUT2D eigenvalue weighted by atomic mass is 9.97. The van der Waals surface area contributed by atoms with E-state index in [0.29, 0.717) is 12.5 Å². The van der Waals surface area contributed by atoms with Crippen molar-refractivity contribution in [2.45, 2.75) is 33.1 Å². The second kappa shape index (κ2) is 8.48. The number of likely N-dealkylation sites (tertiary alicyclic amines) is 1. The average Bonchev–Trinajstić information content (AvgIpc) is 2.31. The molecule has 0 bridgehead atoms. The van der Waals surface area contributed by atoms with Crippen LogP contribution in [0.2, 0.25) is 0 Å². The van der Waals surface area contributed by atoms with Crippen LogP contribution in [0, 0.1) is 11.8 Å². The van der Waals surface area contributed by atoms with Gasteiger partial charge in [0.2, 0.25) is 5.91 Å². The van der Waals surface area contributed by atoms with Crippen molar-refractivity contribution in [1.29, 1.82) is 0 Å². The Labute approximate surface area is 111 Å². The first kappa shape index (κ1) is 15.4. The highest BCUT2D eigenvalue weighted by Gasteiger charge is 2.16. The van der Waals surface area contributed by atoms with Crippen LogP contribution in [0.1, 0.15) is 33.1 Å². The van der Waals surface area contributed by atoms with Gasteiger partial charge in [-0.05, 0) is 57.8 Å². The first-order valence-corrected chi connectivity index (χ1v) is 7.24. The summed E-state index contributed by atoms with van der Waals surface area (Å²) in [5.74, 6) is 1.52. The quantitative estimate of drug-likeness (QED) is 0.715. The van der Waals surface area contributed by atoms with Gasteiger partial charge in [0.25, 0.3) is 0 Å². The third kappa shape index (κ3) is 6.97. The molecule has 4 heteroatoms. The Balaban J connectivity index is 1.98. The van der Waals surface area contributed by atoms with E-state index in [1.165, 1.54) is 25.9 Å². The summed E-state index contributed by atoms with van der Waals surface area (Å²) in [6.07, 6.45) is 3.55. The minimum atomic E-state index is 0.128. The maximum atomic E-state index is 11.5. The van der Waals surface area contributed by atoms with Crippen molar-refractivity contribution in [1.82, 2.24) is 15.5 Å². The van der Waals surface area contributed by atoms with Gasteiger partial charge in [-0.3, -0.25) is 4.79 Å². The number of nitrogens with one attached hydrogen (secondary N) is 2. The Kier molecular flexibility index (Phi) is 7.28. The van der Waals surface area contributed by atoms with Gasteiger partial charge >= 0.3 is 0 Å². The number of hydrogen-bond donors (Lipinski definition) is 2. The molecule has 0 aromatic heterocycles. The fraction of sp³-hybridized carbons (Fsp3) is 0.929. The first-order chi connectivity index (χ1) is 8.58. The van der Waals surface area contributed by atoms with Gasteiger partial charge in [-0.15, -0.1) is 0 Å². The summed E-state index contributed by atoms with van der Waals surface area (Å²) in [5, 5.41) is 6.23. The molecule has 106 valence electrons. The van der Waals surface area contributed by atoms with Crippen molar-refractivity contribution in [2.75, 3.05) is 39.8 Å². The zero-order chi connectivity index (χ0) is 13.4. The molecular weight excluding hydrogens is 226 g/mol. The molecule has 1 fully saturated rings. The topological polar surface area (TPSA) is 44.4 Å². The lowest BCUT2D eigenvalue weighted by Crippen LogP contribution is -2.39. The third-order valence-electron chi connectivity index (χ3n) is 3.60. The van der Waals surface area contributed by atoms with Gasteiger partial charge in [-0.1, -0.05) is 13.8 Å². The minimum absolute atomic E-state index is 0.128. The summed E-state index contributed by atoms with van der Waals surface area (Å²) in [4.78, 5) is 13.9. The fourth-order valence-corrected chi connectivity index (χ4v) is 2.22. The van der Waals surface area contributed by atoms with Gasteiger partial charge in [-0.25, -0.2) is 0 Å². The molecule has 0 spiro atoms. The molecule has 0 aromatic rings. The van der Waals surface area contributed by atoms with E-state index in [-0.39, 0.29) is 5.91 Å². The third-order valence-corrected chi connectivity index (χ3v) is 3.60. The number of hydrogen-bond acceptors (Lipinski definition) is 3. The normalized spacial score (nSPS) is 18.2. The molecule has 2 N–H and O–H groups in total. The number of carbonyl (C=O) groups is 1. The van der Waals surface area contributed by atoms with E-state index in [0.717, 1.165) is 25.4 Å². The molecule has 1 aliphatic rings. The van der Waals surface area contributed by atoms with Crippen molar-refractivity contribution in [2.24, 2.45) is 11.8 Å². The van der Waals surface area contributed by atoms with Crippen molar-refractivity contribution in [3.05, 3.63) is 0 Å². The number of rotatable bonds is 7. The lowest BCUT2D eigenvalue weighted by Gasteiger charge is -2.28. The Morgan fingerprint density at radius 1 is 1.33 bits per heavy atom. The van der Waals surface area contributed by atoms with E-state index in [4.69, 9.17) is 0 Å². The van der Waals surface area contributed by atoms with Crippen LogP contribution >= 0.6 is 0 Å². The maximum absolute atomic E-state index is 11.5. The molecule has 1 amide bonds. The fourth-order valence-electron chi connectivity index (χ4n) is 2.22. The van der Waals surface area contributed by atoms with E-state index >= 15 is 0 Å². The Hall–Kier alpha value is -0.610. The van der Waals surface area contributed by atoms with Crippen molar-refractivity contribution >= 4 is 5.91 Å². The summed E-state index contributed by atoms with van der Waals surface area (Å²) in [6.45, 7) is 8.96. The second-order valence-corrected chi connectivity index (χ2v) is 5.91. The smallest absolute Gasteiger partial charge is 0.233 e. The zero-order valence-electron chi connectivity index (χ0n) is 12.2.